The summed E-state index contributed by atoms with van der Waals surface area (Å²) in [6.07, 6.45) is -0.501. The second-order valence-electron chi connectivity index (χ2n) is 10.3. The topological polar surface area (TPSA) is 121 Å². The zero-order valence-corrected chi connectivity index (χ0v) is 28.3. The molecule has 0 saturated carbocycles. The first-order chi connectivity index (χ1) is 22.6. The third-order valence-corrected chi connectivity index (χ3v) is 10.2. The number of ether oxygens (including phenoxy) is 3. The van der Waals surface area contributed by atoms with Crippen molar-refractivity contribution in [2.45, 2.75) is 37.5 Å². The van der Waals surface area contributed by atoms with Gasteiger partial charge in [-0.2, -0.15) is 0 Å². The van der Waals surface area contributed by atoms with Crippen molar-refractivity contribution in [2.24, 2.45) is 0 Å². The lowest BCUT2D eigenvalue weighted by Gasteiger charge is -2.19. The molecule has 0 aliphatic carbocycles. The quantitative estimate of drug-likeness (QED) is 0.0942. The predicted molar refractivity (Wildman–Crippen MR) is 182 cm³/mol. The molecule has 1 atom stereocenters. The summed E-state index contributed by atoms with van der Waals surface area (Å²) < 4.78 is 43.0. The molecule has 9 nitrogen and oxygen atoms in total. The van der Waals surface area contributed by atoms with Crippen LogP contribution in [0.25, 0.3) is 10.2 Å². The molecule has 13 heteroatoms. The molecule has 1 heterocycles. The molecule has 1 amide bonds. The standard InChI is InChI=1S/C34H30Cl2N2O7S2/c1-2-43-34(40)33(45-26-13-8-22(9-14-26)5-4-18-47(41,42)28-15-10-24(35)11-16-28)38-32(39)23-6-3-7-27(19-23)44-21-31-37-29-20-25(36)12-17-30(29)46-31/h3,6-17,19-20,33H,2,4-5,18,21H2,1H3,(H,38,39). The van der Waals surface area contributed by atoms with E-state index in [1.54, 1.807) is 79.7 Å². The molecule has 0 aliphatic rings. The molecule has 1 unspecified atom stereocenters. The van der Waals surface area contributed by atoms with Gasteiger partial charge in [0.2, 0.25) is 0 Å². The van der Waals surface area contributed by atoms with Crippen LogP contribution < -0.4 is 14.8 Å². The summed E-state index contributed by atoms with van der Waals surface area (Å²) in [6.45, 7) is 1.94. The maximum absolute atomic E-state index is 13.2. The molecule has 244 valence electrons. The number of carbonyl (C=O) groups is 2. The summed E-state index contributed by atoms with van der Waals surface area (Å²) in [5, 5.41) is 4.41. The Morgan fingerprint density at radius 1 is 0.915 bits per heavy atom. The summed E-state index contributed by atoms with van der Waals surface area (Å²) in [4.78, 5) is 30.6. The zero-order chi connectivity index (χ0) is 33.4. The van der Waals surface area contributed by atoms with Gasteiger partial charge in [0.1, 0.15) is 23.1 Å². The molecule has 4 aromatic carbocycles. The lowest BCUT2D eigenvalue weighted by atomic mass is 10.1. The van der Waals surface area contributed by atoms with E-state index in [4.69, 9.17) is 37.4 Å². The van der Waals surface area contributed by atoms with Crippen LogP contribution in [0.3, 0.4) is 0 Å². The average Bonchev–Trinajstić information content (AvgIpc) is 3.46. The highest BCUT2D eigenvalue weighted by molar-refractivity contribution is 7.91. The molecule has 47 heavy (non-hydrogen) atoms. The highest BCUT2D eigenvalue weighted by Crippen LogP contribution is 2.26. The second kappa shape index (κ2) is 15.6. The van der Waals surface area contributed by atoms with E-state index in [-0.39, 0.29) is 29.4 Å². The van der Waals surface area contributed by atoms with Crippen molar-refractivity contribution in [3.05, 3.63) is 117 Å². The fourth-order valence-electron chi connectivity index (χ4n) is 4.54. The minimum Gasteiger partial charge on any atom is -0.486 e. The third kappa shape index (κ3) is 9.45. The maximum atomic E-state index is 13.2. The maximum Gasteiger partial charge on any atom is 0.369 e. The summed E-state index contributed by atoms with van der Waals surface area (Å²) in [5.74, 6) is -0.592. The van der Waals surface area contributed by atoms with E-state index >= 15 is 0 Å². The van der Waals surface area contributed by atoms with Crippen LogP contribution in [0.1, 0.15) is 34.3 Å². The van der Waals surface area contributed by atoms with Crippen molar-refractivity contribution in [1.82, 2.24) is 10.3 Å². The predicted octanol–water partition coefficient (Wildman–Crippen LogP) is 7.29. The van der Waals surface area contributed by atoms with Gasteiger partial charge in [-0.25, -0.2) is 18.2 Å². The Balaban J connectivity index is 1.17. The molecule has 1 aromatic heterocycles. The van der Waals surface area contributed by atoms with Crippen molar-refractivity contribution in [3.63, 3.8) is 0 Å². The lowest BCUT2D eigenvalue weighted by molar-refractivity contribution is -0.152. The highest BCUT2D eigenvalue weighted by atomic mass is 35.5. The van der Waals surface area contributed by atoms with E-state index in [9.17, 15) is 18.0 Å². The smallest absolute Gasteiger partial charge is 0.369 e. The summed E-state index contributed by atoms with van der Waals surface area (Å²) >= 11 is 13.4. The number of aryl methyl sites for hydroxylation is 1. The second-order valence-corrected chi connectivity index (χ2v) is 14.4. The Morgan fingerprint density at radius 3 is 2.40 bits per heavy atom. The van der Waals surface area contributed by atoms with Crippen molar-refractivity contribution < 1.29 is 32.2 Å². The molecular formula is C34H30Cl2N2O7S2. The number of hydrogen-bond acceptors (Lipinski definition) is 9. The Labute approximate surface area is 286 Å². The molecular weight excluding hydrogens is 683 g/mol. The summed E-state index contributed by atoms with van der Waals surface area (Å²) in [6, 6.07) is 25.0. The number of nitrogens with one attached hydrogen (secondary N) is 1. The third-order valence-electron chi connectivity index (χ3n) is 6.84. The van der Waals surface area contributed by atoms with Crippen LogP contribution in [-0.4, -0.2) is 43.9 Å². The number of aromatic nitrogens is 1. The number of esters is 1. The van der Waals surface area contributed by atoms with E-state index in [1.165, 1.54) is 23.5 Å². The Morgan fingerprint density at radius 2 is 1.66 bits per heavy atom. The van der Waals surface area contributed by atoms with Crippen LogP contribution in [0.2, 0.25) is 10.0 Å². The van der Waals surface area contributed by atoms with Gasteiger partial charge in [0.05, 0.1) is 27.5 Å². The molecule has 5 aromatic rings. The summed E-state index contributed by atoms with van der Waals surface area (Å²) in [5.41, 5.74) is 1.92. The first kappa shape index (κ1) is 34.2. The van der Waals surface area contributed by atoms with Gasteiger partial charge in [-0.15, -0.1) is 11.3 Å². The van der Waals surface area contributed by atoms with Crippen molar-refractivity contribution in [2.75, 3.05) is 12.4 Å². The molecule has 0 aliphatic heterocycles. The van der Waals surface area contributed by atoms with Crippen LogP contribution in [0.15, 0.2) is 95.9 Å². The number of amides is 1. The first-order valence-corrected chi connectivity index (χ1v) is 17.8. The Bertz CT molecular complexity index is 1970. The normalized spacial score (nSPS) is 12.0. The fraction of sp³-hybridized carbons (Fsp3) is 0.206. The number of thiazole rings is 1. The number of rotatable bonds is 14. The van der Waals surface area contributed by atoms with Gasteiger partial charge in [0, 0.05) is 15.6 Å². The minimum atomic E-state index is -3.44. The molecule has 0 fully saturated rings. The van der Waals surface area contributed by atoms with Crippen LogP contribution in [-0.2, 0) is 32.4 Å². The van der Waals surface area contributed by atoms with Gasteiger partial charge in [-0.05, 0) is 98.1 Å². The van der Waals surface area contributed by atoms with E-state index in [1.807, 2.05) is 6.07 Å². The molecule has 0 spiro atoms. The largest absolute Gasteiger partial charge is 0.486 e. The molecule has 0 saturated heterocycles. The molecule has 1 N–H and O–H groups in total. The van der Waals surface area contributed by atoms with Crippen LogP contribution in [0, 0.1) is 0 Å². The van der Waals surface area contributed by atoms with Gasteiger partial charge in [-0.1, -0.05) is 41.4 Å². The fourth-order valence-corrected chi connectivity index (χ4v) is 7.00. The SMILES string of the molecule is CCOC(=O)C(NC(=O)c1cccc(OCc2nc3cc(Cl)ccc3s2)c1)Oc1ccc(CCCS(=O)(=O)c2ccc(Cl)cc2)cc1. The lowest BCUT2D eigenvalue weighted by Crippen LogP contribution is -2.46. The Kier molecular flexibility index (Phi) is 11.4. The Hall–Kier alpha value is -4.16. The minimum absolute atomic E-state index is 0.0204. The molecule has 0 bridgehead atoms. The average molecular weight is 714 g/mol. The molecule has 5 rings (SSSR count). The first-order valence-electron chi connectivity index (χ1n) is 14.6. The van der Waals surface area contributed by atoms with Gasteiger partial charge < -0.3 is 19.5 Å². The molecule has 0 radical (unpaired) electrons. The van der Waals surface area contributed by atoms with Crippen molar-refractivity contribution in [1.29, 1.82) is 0 Å². The number of halogens is 2. The number of nitrogens with zero attached hydrogens (tertiary/aromatic N) is 1. The van der Waals surface area contributed by atoms with Crippen LogP contribution >= 0.6 is 34.5 Å². The number of hydrogen-bond donors (Lipinski definition) is 1. The number of benzene rings is 4. The van der Waals surface area contributed by atoms with E-state index in [0.29, 0.717) is 34.4 Å². The van der Waals surface area contributed by atoms with Gasteiger partial charge in [0.15, 0.2) is 9.84 Å². The van der Waals surface area contributed by atoms with Gasteiger partial charge >= 0.3 is 5.97 Å². The van der Waals surface area contributed by atoms with Crippen molar-refractivity contribution in [3.8, 4) is 11.5 Å². The van der Waals surface area contributed by atoms with Gasteiger partial charge in [0.25, 0.3) is 12.1 Å². The van der Waals surface area contributed by atoms with E-state index < -0.39 is 27.9 Å². The number of carbonyl (C=O) groups excluding carboxylic acids is 2. The van der Waals surface area contributed by atoms with E-state index in [2.05, 4.69) is 10.3 Å². The zero-order valence-electron chi connectivity index (χ0n) is 25.2. The van der Waals surface area contributed by atoms with Crippen LogP contribution in [0.4, 0.5) is 0 Å². The highest BCUT2D eigenvalue weighted by Gasteiger charge is 2.25. The van der Waals surface area contributed by atoms with Crippen molar-refractivity contribution >= 4 is 66.5 Å². The van der Waals surface area contributed by atoms with Crippen LogP contribution in [0.5, 0.6) is 11.5 Å². The summed E-state index contributed by atoms with van der Waals surface area (Å²) in [7, 11) is -3.44. The number of sulfone groups is 1. The monoisotopic (exact) mass is 712 g/mol. The number of fused-ring (bicyclic) bond motifs is 1. The van der Waals surface area contributed by atoms with Gasteiger partial charge in [-0.3, -0.25) is 4.79 Å². The van der Waals surface area contributed by atoms with E-state index in [0.717, 1.165) is 20.8 Å².